The second kappa shape index (κ2) is 17.2. The van der Waals surface area contributed by atoms with Gasteiger partial charge in [0.15, 0.2) is 0 Å². The lowest BCUT2D eigenvalue weighted by molar-refractivity contribution is -0.137. The summed E-state index contributed by atoms with van der Waals surface area (Å²) >= 11 is 0. The average Bonchev–Trinajstić information content (AvgIpc) is 3.02. The molecule has 4 rings (SSSR count). The van der Waals surface area contributed by atoms with Gasteiger partial charge >= 0.3 is 11.9 Å². The van der Waals surface area contributed by atoms with Crippen LogP contribution in [0.2, 0.25) is 0 Å². The number of hydrogen-bond donors (Lipinski definition) is 1. The van der Waals surface area contributed by atoms with Crippen molar-refractivity contribution in [3.8, 4) is 11.5 Å². The third-order valence-corrected chi connectivity index (χ3v) is 6.79. The van der Waals surface area contributed by atoms with Crippen LogP contribution in [0.5, 0.6) is 11.5 Å². The number of hydrogen-bond acceptors (Lipinski definition) is 9. The van der Waals surface area contributed by atoms with Gasteiger partial charge in [-0.3, -0.25) is 19.9 Å². The molecule has 2 aromatic heterocycles. The Morgan fingerprint density at radius 1 is 0.609 bits per heavy atom. The minimum atomic E-state index is -0.968. The topological polar surface area (TPSA) is 134 Å². The average molecular weight is 625 g/mol. The molecule has 10 nitrogen and oxygen atoms in total. The number of benzene rings is 2. The first-order valence-electron chi connectivity index (χ1n) is 14.8. The van der Waals surface area contributed by atoms with E-state index in [2.05, 4.69) is 19.9 Å². The summed E-state index contributed by atoms with van der Waals surface area (Å²) in [7, 11) is 0. The highest BCUT2D eigenvalue weighted by molar-refractivity contribution is 5.87. The molecule has 2 aromatic carbocycles. The summed E-state index contributed by atoms with van der Waals surface area (Å²) < 4.78 is 16.3. The third kappa shape index (κ3) is 11.3. The molecule has 0 saturated heterocycles. The zero-order valence-corrected chi connectivity index (χ0v) is 27.3. The van der Waals surface area contributed by atoms with Gasteiger partial charge in [-0.2, -0.15) is 0 Å². The van der Waals surface area contributed by atoms with E-state index < -0.39 is 5.97 Å². The zero-order chi connectivity index (χ0) is 33.6. The highest BCUT2D eigenvalue weighted by Gasteiger charge is 2.08. The molecule has 4 aromatic rings. The van der Waals surface area contributed by atoms with Gasteiger partial charge in [0.1, 0.15) is 24.7 Å². The molecule has 0 aliphatic heterocycles. The van der Waals surface area contributed by atoms with Crippen molar-refractivity contribution < 1.29 is 28.9 Å². The molecule has 0 spiro atoms. The number of rotatable bonds is 11. The number of carbonyl (C=O) groups excluding carboxylic acids is 1. The van der Waals surface area contributed by atoms with Crippen molar-refractivity contribution in [3.63, 3.8) is 0 Å². The van der Waals surface area contributed by atoms with Gasteiger partial charge in [0.2, 0.25) is 0 Å². The van der Waals surface area contributed by atoms with Crippen LogP contribution >= 0.6 is 0 Å². The predicted molar refractivity (Wildman–Crippen MR) is 176 cm³/mol. The molecule has 0 atom stereocenters. The molecule has 0 aliphatic carbocycles. The fourth-order valence-electron chi connectivity index (χ4n) is 3.97. The molecule has 0 saturated carbocycles. The first-order valence-corrected chi connectivity index (χ1v) is 14.8. The number of carbonyl (C=O) groups is 2. The second-order valence-electron chi connectivity index (χ2n) is 10.3. The number of carboxylic acids is 1. The van der Waals surface area contributed by atoms with E-state index in [0.717, 1.165) is 68.5 Å². The first-order chi connectivity index (χ1) is 21.9. The molecule has 2 heterocycles. The number of aromatic nitrogens is 4. The van der Waals surface area contributed by atoms with E-state index in [1.807, 2.05) is 65.8 Å². The van der Waals surface area contributed by atoms with Crippen LogP contribution in [0.15, 0.2) is 60.7 Å². The van der Waals surface area contributed by atoms with Crippen molar-refractivity contribution in [1.29, 1.82) is 0 Å². The molecule has 1 N–H and O–H groups in total. The maximum atomic E-state index is 11.3. The molecule has 0 amide bonds. The lowest BCUT2D eigenvalue weighted by Crippen LogP contribution is -2.06. The monoisotopic (exact) mass is 624 g/mol. The Bertz CT molecular complexity index is 1700. The van der Waals surface area contributed by atoms with Crippen LogP contribution in [0, 0.1) is 41.5 Å². The van der Waals surface area contributed by atoms with E-state index in [0.29, 0.717) is 25.6 Å². The van der Waals surface area contributed by atoms with Crippen LogP contribution in [-0.2, 0) is 27.5 Å². The van der Waals surface area contributed by atoms with Crippen LogP contribution in [0.25, 0.3) is 12.2 Å². The van der Waals surface area contributed by atoms with E-state index in [1.54, 1.807) is 37.3 Å². The SMILES string of the molecule is CCOC(=O)/C=C\c1ccc(OCc2nc(C)c(C)nc2C)cc1.Cc1nc(C)c(COc2ccc(/C=C/C(=O)O)cc2)nc1C. The molecular weight excluding hydrogens is 584 g/mol. The summed E-state index contributed by atoms with van der Waals surface area (Å²) in [6.45, 7) is 14.5. The standard InChI is InChI=1S/C19H22N2O3.C17H18N2O3/c1-5-23-19(22)11-8-16-6-9-17(10-7-16)24-12-18-15(4)20-13(2)14(3)21-18;1-11-12(2)19-16(13(3)18-11)10-22-15-7-4-14(5-8-15)6-9-17(20)21/h6-11H,5,12H2,1-4H3;4-9H,10H2,1-3H3,(H,20,21)/b11-8-;9-6+. The molecule has 10 heteroatoms. The Balaban J connectivity index is 0.000000251. The lowest BCUT2D eigenvalue weighted by atomic mass is 10.2. The fourth-order valence-corrected chi connectivity index (χ4v) is 3.97. The summed E-state index contributed by atoms with van der Waals surface area (Å²) in [6.07, 6.45) is 5.75. The van der Waals surface area contributed by atoms with Crippen molar-refractivity contribution in [2.45, 2.75) is 61.7 Å². The normalized spacial score (nSPS) is 10.8. The Morgan fingerprint density at radius 2 is 1.00 bits per heavy atom. The molecule has 46 heavy (non-hydrogen) atoms. The maximum absolute atomic E-state index is 11.3. The van der Waals surface area contributed by atoms with E-state index in [-0.39, 0.29) is 5.97 Å². The van der Waals surface area contributed by atoms with Crippen LogP contribution < -0.4 is 9.47 Å². The molecule has 0 bridgehead atoms. The van der Waals surface area contributed by atoms with Crippen molar-refractivity contribution in [1.82, 2.24) is 19.9 Å². The Kier molecular flexibility index (Phi) is 13.1. The van der Waals surface area contributed by atoms with Gasteiger partial charge in [0, 0.05) is 12.2 Å². The van der Waals surface area contributed by atoms with Crippen molar-refractivity contribution in [2.24, 2.45) is 0 Å². The second-order valence-corrected chi connectivity index (χ2v) is 10.3. The molecule has 0 unspecified atom stereocenters. The summed E-state index contributed by atoms with van der Waals surface area (Å²) in [6, 6.07) is 14.7. The lowest BCUT2D eigenvalue weighted by Gasteiger charge is -2.10. The Labute approximate surface area is 269 Å². The van der Waals surface area contributed by atoms with Crippen LogP contribution in [0.4, 0.5) is 0 Å². The van der Waals surface area contributed by atoms with Crippen molar-refractivity contribution >= 4 is 24.1 Å². The highest BCUT2D eigenvalue weighted by atomic mass is 16.5. The van der Waals surface area contributed by atoms with Crippen LogP contribution in [0.1, 0.15) is 63.6 Å². The number of esters is 1. The summed E-state index contributed by atoms with van der Waals surface area (Å²) in [5.41, 5.74) is 8.79. The van der Waals surface area contributed by atoms with E-state index >= 15 is 0 Å². The number of nitrogens with zero attached hydrogens (tertiary/aromatic N) is 4. The minimum absolute atomic E-state index is 0.346. The van der Waals surface area contributed by atoms with Gasteiger partial charge in [-0.25, -0.2) is 9.59 Å². The van der Waals surface area contributed by atoms with Gasteiger partial charge in [-0.1, -0.05) is 24.3 Å². The van der Waals surface area contributed by atoms with Gasteiger partial charge < -0.3 is 19.3 Å². The fraction of sp³-hybridized carbons (Fsp3) is 0.278. The molecule has 0 aliphatic rings. The number of aliphatic carboxylic acids is 1. The molecule has 0 fully saturated rings. The van der Waals surface area contributed by atoms with Crippen LogP contribution in [-0.4, -0.2) is 43.6 Å². The Morgan fingerprint density at radius 3 is 1.39 bits per heavy atom. The quantitative estimate of drug-likeness (QED) is 0.143. The van der Waals surface area contributed by atoms with E-state index in [1.165, 1.54) is 12.2 Å². The number of ether oxygens (including phenoxy) is 3. The van der Waals surface area contributed by atoms with Gasteiger partial charge in [0.05, 0.1) is 52.2 Å². The third-order valence-electron chi connectivity index (χ3n) is 6.79. The summed E-state index contributed by atoms with van der Waals surface area (Å²) in [5, 5.41) is 8.58. The van der Waals surface area contributed by atoms with Crippen molar-refractivity contribution in [3.05, 3.63) is 117 Å². The molecule has 0 radical (unpaired) electrons. The summed E-state index contributed by atoms with van der Waals surface area (Å²) in [5.74, 6) is 0.125. The highest BCUT2D eigenvalue weighted by Crippen LogP contribution is 2.17. The number of carboxylic acid groups (broad SMARTS) is 1. The summed E-state index contributed by atoms with van der Waals surface area (Å²) in [4.78, 5) is 39.6. The zero-order valence-electron chi connectivity index (χ0n) is 27.3. The van der Waals surface area contributed by atoms with Crippen molar-refractivity contribution in [2.75, 3.05) is 6.61 Å². The smallest absolute Gasteiger partial charge is 0.330 e. The van der Waals surface area contributed by atoms with Gasteiger partial charge in [-0.15, -0.1) is 0 Å². The van der Waals surface area contributed by atoms with E-state index in [4.69, 9.17) is 19.3 Å². The van der Waals surface area contributed by atoms with Gasteiger partial charge in [-0.05, 0) is 96.0 Å². The largest absolute Gasteiger partial charge is 0.487 e. The van der Waals surface area contributed by atoms with Crippen LogP contribution in [0.3, 0.4) is 0 Å². The van der Waals surface area contributed by atoms with Gasteiger partial charge in [0.25, 0.3) is 0 Å². The minimum Gasteiger partial charge on any atom is -0.487 e. The maximum Gasteiger partial charge on any atom is 0.330 e. The predicted octanol–water partition coefficient (Wildman–Crippen LogP) is 6.64. The molecular formula is C36H40N4O6. The number of aryl methyl sites for hydroxylation is 6. The first kappa shape index (κ1) is 35.1. The van der Waals surface area contributed by atoms with E-state index in [9.17, 15) is 9.59 Å². The molecule has 240 valence electrons. The Hall–Kier alpha value is -5.38.